The van der Waals surface area contributed by atoms with Gasteiger partial charge in [0, 0.05) is 43.2 Å². The standard InChI is InChI=1S/C13H13N3O3.C4H9NO/c1-9(6-12(17)18)13(19)10-2-3-11(15-7-10)16-5-4-14-8-16;1-3-6-4-2-5-1/h2-5,7-9H,6H2,1H3,(H,17,18);5H,1-4H2. The Morgan fingerprint density at radius 2 is 2.12 bits per heavy atom. The fraction of sp³-hybridized carbons (Fsp3) is 0.412. The van der Waals surface area contributed by atoms with Gasteiger partial charge in [-0.1, -0.05) is 6.92 Å². The second kappa shape index (κ2) is 9.65. The number of carbonyl (C=O) groups excluding carboxylic acids is 1. The Kier molecular flexibility index (Phi) is 7.24. The Morgan fingerprint density at radius 3 is 2.56 bits per heavy atom. The summed E-state index contributed by atoms with van der Waals surface area (Å²) in [4.78, 5) is 30.6. The van der Waals surface area contributed by atoms with Crippen molar-refractivity contribution in [2.45, 2.75) is 13.3 Å². The minimum Gasteiger partial charge on any atom is -0.481 e. The van der Waals surface area contributed by atoms with Gasteiger partial charge in [0.25, 0.3) is 0 Å². The average molecular weight is 346 g/mol. The molecule has 0 radical (unpaired) electrons. The Morgan fingerprint density at radius 1 is 1.36 bits per heavy atom. The van der Waals surface area contributed by atoms with Crippen LogP contribution in [0.4, 0.5) is 0 Å². The smallest absolute Gasteiger partial charge is 0.304 e. The number of hydrogen-bond acceptors (Lipinski definition) is 6. The fourth-order valence-corrected chi connectivity index (χ4v) is 2.23. The summed E-state index contributed by atoms with van der Waals surface area (Å²) in [6, 6.07) is 3.34. The van der Waals surface area contributed by atoms with Crippen LogP contribution < -0.4 is 5.32 Å². The minimum absolute atomic E-state index is 0.178. The molecule has 134 valence electrons. The number of carboxylic acids is 1. The number of pyridine rings is 1. The van der Waals surface area contributed by atoms with Gasteiger partial charge >= 0.3 is 5.97 Å². The van der Waals surface area contributed by atoms with E-state index in [-0.39, 0.29) is 12.2 Å². The minimum atomic E-state index is -0.983. The number of morpholine rings is 1. The van der Waals surface area contributed by atoms with Gasteiger partial charge < -0.3 is 15.2 Å². The Labute approximate surface area is 145 Å². The number of carboxylic acid groups (broad SMARTS) is 1. The normalized spacial score (nSPS) is 14.9. The van der Waals surface area contributed by atoms with Gasteiger partial charge in [-0.25, -0.2) is 9.97 Å². The molecule has 3 heterocycles. The highest BCUT2D eigenvalue weighted by Gasteiger charge is 2.18. The lowest BCUT2D eigenvalue weighted by Gasteiger charge is -2.10. The number of carbonyl (C=O) groups is 2. The van der Waals surface area contributed by atoms with E-state index in [9.17, 15) is 9.59 Å². The first-order valence-electron chi connectivity index (χ1n) is 8.07. The molecule has 1 aliphatic heterocycles. The monoisotopic (exact) mass is 346 g/mol. The third-order valence-electron chi connectivity index (χ3n) is 3.58. The fourth-order valence-electron chi connectivity index (χ4n) is 2.23. The van der Waals surface area contributed by atoms with Crippen molar-refractivity contribution in [1.82, 2.24) is 19.9 Å². The molecule has 1 saturated heterocycles. The number of Topliss-reactive ketones (excluding diaryl/α,β-unsaturated/α-hetero) is 1. The molecule has 1 aliphatic rings. The summed E-state index contributed by atoms with van der Waals surface area (Å²) in [5, 5.41) is 11.8. The van der Waals surface area contributed by atoms with E-state index >= 15 is 0 Å². The number of imidazole rings is 1. The van der Waals surface area contributed by atoms with Crippen molar-refractivity contribution >= 4 is 11.8 Å². The van der Waals surface area contributed by atoms with Crippen molar-refractivity contribution in [3.8, 4) is 5.82 Å². The molecule has 2 aromatic heterocycles. The van der Waals surface area contributed by atoms with Crippen LogP contribution in [0.5, 0.6) is 0 Å². The van der Waals surface area contributed by atoms with Crippen molar-refractivity contribution in [1.29, 1.82) is 0 Å². The number of aromatic nitrogens is 3. The largest absolute Gasteiger partial charge is 0.481 e. The first-order chi connectivity index (χ1) is 12.1. The number of hydrogen-bond donors (Lipinski definition) is 2. The molecule has 0 aliphatic carbocycles. The van der Waals surface area contributed by atoms with Crippen LogP contribution in [0.1, 0.15) is 23.7 Å². The molecule has 2 aromatic rings. The molecule has 8 heteroatoms. The van der Waals surface area contributed by atoms with Gasteiger partial charge in [-0.2, -0.15) is 0 Å². The van der Waals surface area contributed by atoms with E-state index in [0.717, 1.165) is 26.3 Å². The first kappa shape index (κ1) is 18.8. The molecule has 1 fully saturated rings. The Bertz CT molecular complexity index is 655. The average Bonchev–Trinajstić information content (AvgIpc) is 3.17. The van der Waals surface area contributed by atoms with Crippen molar-refractivity contribution in [3.05, 3.63) is 42.6 Å². The second-order valence-electron chi connectivity index (χ2n) is 5.60. The predicted molar refractivity (Wildman–Crippen MR) is 90.8 cm³/mol. The summed E-state index contributed by atoms with van der Waals surface area (Å²) in [5.74, 6) is -1.10. The lowest BCUT2D eigenvalue weighted by Crippen LogP contribution is -2.30. The van der Waals surface area contributed by atoms with Gasteiger partial charge in [0.15, 0.2) is 5.78 Å². The number of nitrogens with zero attached hydrogens (tertiary/aromatic N) is 3. The quantitative estimate of drug-likeness (QED) is 0.783. The molecule has 2 N–H and O–H groups in total. The van der Waals surface area contributed by atoms with E-state index < -0.39 is 11.9 Å². The van der Waals surface area contributed by atoms with Crippen LogP contribution in [0.2, 0.25) is 0 Å². The van der Waals surface area contributed by atoms with Crippen molar-refractivity contribution in [3.63, 3.8) is 0 Å². The van der Waals surface area contributed by atoms with Gasteiger partial charge in [-0.15, -0.1) is 0 Å². The first-order valence-corrected chi connectivity index (χ1v) is 8.07. The summed E-state index contributed by atoms with van der Waals surface area (Å²) in [6.07, 6.45) is 6.27. The molecular weight excluding hydrogens is 324 g/mol. The van der Waals surface area contributed by atoms with E-state index in [1.807, 2.05) is 0 Å². The Hall–Kier alpha value is -2.58. The van der Waals surface area contributed by atoms with E-state index in [4.69, 9.17) is 9.84 Å². The van der Waals surface area contributed by atoms with Crippen molar-refractivity contribution in [2.75, 3.05) is 26.3 Å². The Balaban J connectivity index is 0.000000316. The molecule has 1 atom stereocenters. The number of aliphatic carboxylic acids is 1. The molecule has 25 heavy (non-hydrogen) atoms. The zero-order chi connectivity index (χ0) is 18.1. The van der Waals surface area contributed by atoms with Crippen LogP contribution in [0, 0.1) is 5.92 Å². The molecule has 3 rings (SSSR count). The molecule has 0 bridgehead atoms. The SMILES string of the molecule is C1COCCN1.CC(CC(=O)O)C(=O)c1ccc(-n2ccnc2)nc1. The van der Waals surface area contributed by atoms with Gasteiger partial charge in [0.05, 0.1) is 19.6 Å². The highest BCUT2D eigenvalue weighted by Crippen LogP contribution is 2.13. The number of nitrogens with one attached hydrogen (secondary N) is 1. The summed E-state index contributed by atoms with van der Waals surface area (Å²) < 4.78 is 6.72. The van der Waals surface area contributed by atoms with Crippen LogP contribution in [0.15, 0.2) is 37.1 Å². The van der Waals surface area contributed by atoms with Crippen LogP contribution in [0.25, 0.3) is 5.82 Å². The number of ether oxygens (including phenoxy) is 1. The maximum absolute atomic E-state index is 12.0. The maximum Gasteiger partial charge on any atom is 0.304 e. The summed E-state index contributed by atoms with van der Waals surface area (Å²) >= 11 is 0. The van der Waals surface area contributed by atoms with E-state index in [1.54, 1.807) is 42.3 Å². The molecule has 8 nitrogen and oxygen atoms in total. The third kappa shape index (κ3) is 6.09. The van der Waals surface area contributed by atoms with Gasteiger partial charge in [-0.05, 0) is 12.1 Å². The molecule has 0 spiro atoms. The lowest BCUT2D eigenvalue weighted by molar-refractivity contribution is -0.137. The summed E-state index contributed by atoms with van der Waals surface area (Å²) in [7, 11) is 0. The molecule has 0 amide bonds. The van der Waals surface area contributed by atoms with Gasteiger partial charge in [0.2, 0.25) is 0 Å². The van der Waals surface area contributed by atoms with Crippen LogP contribution in [0.3, 0.4) is 0 Å². The van der Waals surface area contributed by atoms with Crippen molar-refractivity contribution < 1.29 is 19.4 Å². The molecule has 0 aromatic carbocycles. The molecule has 0 saturated carbocycles. The van der Waals surface area contributed by atoms with E-state index in [1.165, 1.54) is 6.20 Å². The van der Waals surface area contributed by atoms with Gasteiger partial charge in [0.1, 0.15) is 12.1 Å². The van der Waals surface area contributed by atoms with E-state index in [2.05, 4.69) is 15.3 Å². The van der Waals surface area contributed by atoms with Crippen LogP contribution in [-0.4, -0.2) is 57.7 Å². The van der Waals surface area contributed by atoms with Crippen LogP contribution in [-0.2, 0) is 9.53 Å². The van der Waals surface area contributed by atoms with Crippen LogP contribution >= 0.6 is 0 Å². The molecule has 1 unspecified atom stereocenters. The van der Waals surface area contributed by atoms with Crippen molar-refractivity contribution in [2.24, 2.45) is 5.92 Å². The highest BCUT2D eigenvalue weighted by atomic mass is 16.5. The second-order valence-corrected chi connectivity index (χ2v) is 5.60. The zero-order valence-electron chi connectivity index (χ0n) is 14.1. The highest BCUT2D eigenvalue weighted by molar-refractivity contribution is 5.98. The summed E-state index contributed by atoms with van der Waals surface area (Å²) in [5.41, 5.74) is 0.414. The lowest BCUT2D eigenvalue weighted by atomic mass is 9.98. The zero-order valence-corrected chi connectivity index (χ0v) is 14.1. The summed E-state index contributed by atoms with van der Waals surface area (Å²) in [6.45, 7) is 5.43. The third-order valence-corrected chi connectivity index (χ3v) is 3.58. The van der Waals surface area contributed by atoms with E-state index in [0.29, 0.717) is 11.4 Å². The van der Waals surface area contributed by atoms with Gasteiger partial charge in [-0.3, -0.25) is 14.2 Å². The topological polar surface area (TPSA) is 106 Å². The molecular formula is C17H22N4O4. The number of ketones is 1. The maximum atomic E-state index is 12.0. The predicted octanol–water partition coefficient (Wildman–Crippen LogP) is 1.17. The number of rotatable bonds is 5.